The summed E-state index contributed by atoms with van der Waals surface area (Å²) < 4.78 is 31.7. The third-order valence-corrected chi connectivity index (χ3v) is 2.61. The van der Waals surface area contributed by atoms with Gasteiger partial charge >= 0.3 is 12.1 Å². The van der Waals surface area contributed by atoms with Crippen molar-refractivity contribution in [2.75, 3.05) is 19.6 Å². The summed E-state index contributed by atoms with van der Waals surface area (Å²) in [5, 5.41) is 10.5. The zero-order valence-corrected chi connectivity index (χ0v) is 11.1. The molecule has 1 aliphatic rings. The molecule has 0 radical (unpaired) electrons. The Morgan fingerprint density at radius 2 is 1.78 bits per heavy atom. The van der Waals surface area contributed by atoms with E-state index >= 15 is 0 Å². The van der Waals surface area contributed by atoms with Crippen molar-refractivity contribution in [3.63, 3.8) is 0 Å². The quantitative estimate of drug-likeness (QED) is 0.703. The van der Waals surface area contributed by atoms with E-state index in [1.165, 1.54) is 6.54 Å². The SMILES string of the molecule is C[C@@H]1CNCCN1C(C)(C)C.O=C(O)C(F)(F)F. The fraction of sp³-hybridized carbons (Fsp3) is 0.909. The molecular formula is C11H21F3N2O2. The highest BCUT2D eigenvalue weighted by molar-refractivity contribution is 5.73. The second-order valence-corrected chi connectivity index (χ2v) is 5.22. The maximum Gasteiger partial charge on any atom is 0.490 e. The monoisotopic (exact) mass is 270 g/mol. The molecule has 4 nitrogen and oxygen atoms in total. The highest BCUT2D eigenvalue weighted by Crippen LogP contribution is 2.17. The van der Waals surface area contributed by atoms with E-state index in [-0.39, 0.29) is 0 Å². The molecule has 7 heteroatoms. The van der Waals surface area contributed by atoms with E-state index in [9.17, 15) is 13.2 Å². The Labute approximate surface area is 105 Å². The van der Waals surface area contributed by atoms with Crippen molar-refractivity contribution in [2.24, 2.45) is 0 Å². The van der Waals surface area contributed by atoms with E-state index in [1.807, 2.05) is 0 Å². The summed E-state index contributed by atoms with van der Waals surface area (Å²) >= 11 is 0. The summed E-state index contributed by atoms with van der Waals surface area (Å²) in [4.78, 5) is 11.5. The van der Waals surface area contributed by atoms with Gasteiger partial charge in [0.15, 0.2) is 0 Å². The van der Waals surface area contributed by atoms with Crippen molar-refractivity contribution in [3.8, 4) is 0 Å². The summed E-state index contributed by atoms with van der Waals surface area (Å²) in [6.07, 6.45) is -5.08. The van der Waals surface area contributed by atoms with Crippen LogP contribution in [0.15, 0.2) is 0 Å². The van der Waals surface area contributed by atoms with Gasteiger partial charge in [0.05, 0.1) is 0 Å². The van der Waals surface area contributed by atoms with Gasteiger partial charge in [0.25, 0.3) is 0 Å². The van der Waals surface area contributed by atoms with Crippen LogP contribution in [0.1, 0.15) is 27.7 Å². The molecule has 0 aromatic rings. The normalized spacial score (nSPS) is 22.1. The second-order valence-electron chi connectivity index (χ2n) is 5.22. The molecule has 0 bridgehead atoms. The van der Waals surface area contributed by atoms with E-state index < -0.39 is 12.1 Å². The third-order valence-electron chi connectivity index (χ3n) is 2.61. The molecule has 18 heavy (non-hydrogen) atoms. The largest absolute Gasteiger partial charge is 0.490 e. The molecule has 1 saturated heterocycles. The van der Waals surface area contributed by atoms with E-state index in [0.29, 0.717) is 11.6 Å². The molecule has 0 amide bonds. The lowest BCUT2D eigenvalue weighted by Crippen LogP contribution is -2.56. The van der Waals surface area contributed by atoms with Crippen LogP contribution in [0.3, 0.4) is 0 Å². The summed E-state index contributed by atoms with van der Waals surface area (Å²) in [6.45, 7) is 12.6. The van der Waals surface area contributed by atoms with Crippen LogP contribution < -0.4 is 5.32 Å². The molecule has 0 spiro atoms. The van der Waals surface area contributed by atoms with Gasteiger partial charge in [0.1, 0.15) is 0 Å². The number of nitrogens with zero attached hydrogens (tertiary/aromatic N) is 1. The fourth-order valence-electron chi connectivity index (χ4n) is 1.84. The fourth-order valence-corrected chi connectivity index (χ4v) is 1.84. The number of aliphatic carboxylic acids is 1. The van der Waals surface area contributed by atoms with Crippen LogP contribution in [0.5, 0.6) is 0 Å². The van der Waals surface area contributed by atoms with Gasteiger partial charge in [-0.05, 0) is 27.7 Å². The number of hydrogen-bond donors (Lipinski definition) is 2. The topological polar surface area (TPSA) is 52.6 Å². The Bertz CT molecular complexity index is 274. The number of halogens is 3. The number of carbonyl (C=O) groups is 1. The van der Waals surface area contributed by atoms with Crippen molar-refractivity contribution in [2.45, 2.75) is 45.5 Å². The molecule has 2 N–H and O–H groups in total. The number of piperazine rings is 1. The average molecular weight is 270 g/mol. The molecule has 1 heterocycles. The van der Waals surface area contributed by atoms with Gasteiger partial charge in [-0.25, -0.2) is 4.79 Å². The van der Waals surface area contributed by atoms with E-state index in [4.69, 9.17) is 9.90 Å². The molecule has 0 aromatic heterocycles. The molecule has 0 saturated carbocycles. The van der Waals surface area contributed by atoms with Gasteiger partial charge in [-0.15, -0.1) is 0 Å². The lowest BCUT2D eigenvalue weighted by molar-refractivity contribution is -0.192. The van der Waals surface area contributed by atoms with Crippen LogP contribution in [0, 0.1) is 0 Å². The molecule has 108 valence electrons. The predicted octanol–water partition coefficient (Wildman–Crippen LogP) is 1.71. The lowest BCUT2D eigenvalue weighted by Gasteiger charge is -2.43. The summed E-state index contributed by atoms with van der Waals surface area (Å²) in [5.41, 5.74) is 0.335. The minimum atomic E-state index is -5.08. The highest BCUT2D eigenvalue weighted by Gasteiger charge is 2.38. The number of alkyl halides is 3. The standard InChI is InChI=1S/C9H20N2.C2HF3O2/c1-8-7-10-5-6-11(8)9(2,3)4;3-2(4,5)1(6)7/h8,10H,5-7H2,1-4H3;(H,6,7)/t8-;/m1./s1. The van der Waals surface area contributed by atoms with Crippen LogP contribution >= 0.6 is 0 Å². The molecule has 1 atom stereocenters. The average Bonchev–Trinajstić information content (AvgIpc) is 2.15. The van der Waals surface area contributed by atoms with Gasteiger partial charge in [-0.3, -0.25) is 4.90 Å². The predicted molar refractivity (Wildman–Crippen MR) is 62.5 cm³/mol. The number of rotatable bonds is 0. The zero-order valence-electron chi connectivity index (χ0n) is 11.1. The van der Waals surface area contributed by atoms with Gasteiger partial charge in [-0.1, -0.05) is 0 Å². The Balaban J connectivity index is 0.000000360. The maximum absolute atomic E-state index is 10.6. The molecule has 1 aliphatic heterocycles. The van der Waals surface area contributed by atoms with Crippen LogP contribution in [-0.2, 0) is 4.79 Å². The van der Waals surface area contributed by atoms with Crippen molar-refractivity contribution in [3.05, 3.63) is 0 Å². The first-order valence-corrected chi connectivity index (χ1v) is 5.74. The Kier molecular flexibility index (Phi) is 6.09. The summed E-state index contributed by atoms with van der Waals surface area (Å²) in [6, 6.07) is 0.684. The van der Waals surface area contributed by atoms with Crippen molar-refractivity contribution in [1.82, 2.24) is 10.2 Å². The van der Waals surface area contributed by atoms with E-state index in [1.54, 1.807) is 0 Å². The first-order chi connectivity index (χ1) is 7.96. The maximum atomic E-state index is 10.6. The van der Waals surface area contributed by atoms with Gasteiger partial charge in [-0.2, -0.15) is 13.2 Å². The number of nitrogens with one attached hydrogen (secondary N) is 1. The zero-order chi connectivity index (χ0) is 14.6. The van der Waals surface area contributed by atoms with Crippen molar-refractivity contribution in [1.29, 1.82) is 0 Å². The van der Waals surface area contributed by atoms with Gasteiger partial charge in [0.2, 0.25) is 0 Å². The van der Waals surface area contributed by atoms with Crippen molar-refractivity contribution < 1.29 is 23.1 Å². The summed E-state index contributed by atoms with van der Waals surface area (Å²) in [5.74, 6) is -2.76. The molecule has 1 rings (SSSR count). The number of hydrogen-bond acceptors (Lipinski definition) is 3. The minimum Gasteiger partial charge on any atom is -0.475 e. The molecule has 0 aromatic carbocycles. The molecular weight excluding hydrogens is 249 g/mol. The van der Waals surface area contributed by atoms with Crippen molar-refractivity contribution >= 4 is 5.97 Å². The smallest absolute Gasteiger partial charge is 0.475 e. The molecule has 0 aliphatic carbocycles. The number of carboxylic acids is 1. The van der Waals surface area contributed by atoms with E-state index in [2.05, 4.69) is 37.9 Å². The lowest BCUT2D eigenvalue weighted by atomic mass is 10.0. The summed E-state index contributed by atoms with van der Waals surface area (Å²) in [7, 11) is 0. The van der Waals surface area contributed by atoms with Crippen LogP contribution in [0.2, 0.25) is 0 Å². The first kappa shape index (κ1) is 17.2. The first-order valence-electron chi connectivity index (χ1n) is 5.74. The Morgan fingerprint density at radius 3 is 2.00 bits per heavy atom. The minimum absolute atomic E-state index is 0.335. The molecule has 1 fully saturated rings. The Hall–Kier alpha value is -0.820. The number of carboxylic acid groups (broad SMARTS) is 1. The third kappa shape index (κ3) is 6.20. The van der Waals surface area contributed by atoms with Crippen LogP contribution in [0.25, 0.3) is 0 Å². The van der Waals surface area contributed by atoms with Gasteiger partial charge in [0, 0.05) is 31.2 Å². The van der Waals surface area contributed by atoms with E-state index in [0.717, 1.165) is 13.1 Å². The Morgan fingerprint density at radius 1 is 1.33 bits per heavy atom. The van der Waals surface area contributed by atoms with Crippen LogP contribution in [-0.4, -0.2) is 53.4 Å². The molecule has 0 unspecified atom stereocenters. The van der Waals surface area contributed by atoms with Crippen LogP contribution in [0.4, 0.5) is 13.2 Å². The highest BCUT2D eigenvalue weighted by atomic mass is 19.4. The van der Waals surface area contributed by atoms with Gasteiger partial charge < -0.3 is 10.4 Å². The second kappa shape index (κ2) is 6.38.